The van der Waals surface area contributed by atoms with E-state index in [-0.39, 0.29) is 5.91 Å². The van der Waals surface area contributed by atoms with E-state index in [1.165, 1.54) is 19.3 Å². The zero-order valence-electron chi connectivity index (χ0n) is 12.7. The van der Waals surface area contributed by atoms with Gasteiger partial charge in [-0.05, 0) is 32.0 Å². The average Bonchev–Trinajstić information content (AvgIpc) is 2.97. The Hall–Kier alpha value is -2.14. The molecule has 1 aliphatic heterocycles. The summed E-state index contributed by atoms with van der Waals surface area (Å²) in [5, 5.41) is 5.17. The van der Waals surface area contributed by atoms with Crippen molar-refractivity contribution in [2.75, 3.05) is 19.6 Å². The number of piperidine rings is 1. The molecule has 0 saturated carbocycles. The molecule has 0 radical (unpaired) electrons. The number of fused-ring (bicyclic) bond motifs is 1. The van der Waals surface area contributed by atoms with Gasteiger partial charge in [0.05, 0.1) is 6.21 Å². The van der Waals surface area contributed by atoms with Crippen LogP contribution in [0.1, 0.15) is 31.2 Å². The number of H-pyrrole nitrogens is 1. The van der Waals surface area contributed by atoms with Crippen molar-refractivity contribution >= 4 is 23.0 Å². The summed E-state index contributed by atoms with van der Waals surface area (Å²) in [7, 11) is 0. The van der Waals surface area contributed by atoms with E-state index < -0.39 is 0 Å². The van der Waals surface area contributed by atoms with E-state index >= 15 is 0 Å². The molecule has 116 valence electrons. The second-order valence-electron chi connectivity index (χ2n) is 5.74. The van der Waals surface area contributed by atoms with Crippen LogP contribution < -0.4 is 5.43 Å². The summed E-state index contributed by atoms with van der Waals surface area (Å²) in [5.41, 5.74) is 4.66. The van der Waals surface area contributed by atoms with Gasteiger partial charge in [-0.3, -0.25) is 4.79 Å². The van der Waals surface area contributed by atoms with Crippen molar-refractivity contribution in [3.05, 3.63) is 36.0 Å². The lowest BCUT2D eigenvalue weighted by Gasteiger charge is -2.25. The standard InChI is InChI=1S/C17H22N4O/c22-17(8-11-21-9-4-1-5-10-21)20-19-13-14-12-18-16-7-3-2-6-15(14)16/h2-3,6-7,12-13,18H,1,4-5,8-11H2,(H,20,22)/b19-13-. The maximum absolute atomic E-state index is 11.8. The molecule has 2 N–H and O–H groups in total. The van der Waals surface area contributed by atoms with Gasteiger partial charge in [-0.2, -0.15) is 5.10 Å². The molecule has 2 heterocycles. The fourth-order valence-electron chi connectivity index (χ4n) is 2.87. The smallest absolute Gasteiger partial charge is 0.241 e. The maximum atomic E-state index is 11.8. The minimum atomic E-state index is -0.0262. The third-order valence-corrected chi connectivity index (χ3v) is 4.12. The SMILES string of the molecule is O=C(CCN1CCCCC1)N/N=C\c1c[nH]c2ccccc12. The predicted molar refractivity (Wildman–Crippen MR) is 88.9 cm³/mol. The Balaban J connectivity index is 1.48. The lowest BCUT2D eigenvalue weighted by Crippen LogP contribution is -2.33. The van der Waals surface area contributed by atoms with E-state index in [1.807, 2.05) is 30.5 Å². The van der Waals surface area contributed by atoms with E-state index in [0.29, 0.717) is 6.42 Å². The van der Waals surface area contributed by atoms with Gasteiger partial charge >= 0.3 is 0 Å². The van der Waals surface area contributed by atoms with Crippen LogP contribution >= 0.6 is 0 Å². The molecule has 1 saturated heterocycles. The number of aromatic amines is 1. The lowest BCUT2D eigenvalue weighted by molar-refractivity contribution is -0.121. The number of benzene rings is 1. The number of hydrogen-bond acceptors (Lipinski definition) is 3. The molecule has 5 nitrogen and oxygen atoms in total. The van der Waals surface area contributed by atoms with Crippen LogP contribution in [-0.4, -0.2) is 41.6 Å². The molecule has 0 bridgehead atoms. The highest BCUT2D eigenvalue weighted by atomic mass is 16.2. The Bertz CT molecular complexity index is 655. The van der Waals surface area contributed by atoms with Gasteiger partial charge < -0.3 is 9.88 Å². The molecule has 0 aliphatic carbocycles. The van der Waals surface area contributed by atoms with Crippen LogP contribution in [-0.2, 0) is 4.79 Å². The summed E-state index contributed by atoms with van der Waals surface area (Å²) in [5.74, 6) is -0.0262. The number of aromatic nitrogens is 1. The summed E-state index contributed by atoms with van der Waals surface area (Å²) in [4.78, 5) is 17.4. The largest absolute Gasteiger partial charge is 0.361 e. The van der Waals surface area contributed by atoms with Gasteiger partial charge in [0.2, 0.25) is 5.91 Å². The molecular weight excluding hydrogens is 276 g/mol. The summed E-state index contributed by atoms with van der Waals surface area (Å²) in [6.07, 6.45) is 7.91. The molecule has 1 fully saturated rings. The third-order valence-electron chi connectivity index (χ3n) is 4.12. The van der Waals surface area contributed by atoms with Crippen LogP contribution in [0.2, 0.25) is 0 Å². The summed E-state index contributed by atoms with van der Waals surface area (Å²) >= 11 is 0. The first-order chi connectivity index (χ1) is 10.8. The van der Waals surface area contributed by atoms with E-state index in [1.54, 1.807) is 6.21 Å². The van der Waals surface area contributed by atoms with Gasteiger partial charge in [0, 0.05) is 35.6 Å². The fourth-order valence-corrected chi connectivity index (χ4v) is 2.87. The summed E-state index contributed by atoms with van der Waals surface area (Å²) in [6.45, 7) is 3.06. The number of hydrazone groups is 1. The molecule has 5 heteroatoms. The van der Waals surface area contributed by atoms with Crippen molar-refractivity contribution in [3.8, 4) is 0 Å². The molecular formula is C17H22N4O. The van der Waals surface area contributed by atoms with Crippen LogP contribution in [0.15, 0.2) is 35.6 Å². The second kappa shape index (κ2) is 7.22. The lowest BCUT2D eigenvalue weighted by atomic mass is 10.1. The Morgan fingerprint density at radius 2 is 2.09 bits per heavy atom. The van der Waals surface area contributed by atoms with Gasteiger partial charge in [-0.25, -0.2) is 5.43 Å². The van der Waals surface area contributed by atoms with Crippen LogP contribution in [0.3, 0.4) is 0 Å². The summed E-state index contributed by atoms with van der Waals surface area (Å²) in [6, 6.07) is 8.03. The number of likely N-dealkylation sites (tertiary alicyclic amines) is 1. The Labute approximate surface area is 130 Å². The molecule has 2 aromatic rings. The molecule has 0 atom stereocenters. The van der Waals surface area contributed by atoms with E-state index in [9.17, 15) is 4.79 Å². The van der Waals surface area contributed by atoms with E-state index in [2.05, 4.69) is 20.4 Å². The Kier molecular flexibility index (Phi) is 4.85. The molecule has 3 rings (SSSR count). The molecule has 22 heavy (non-hydrogen) atoms. The molecule has 1 amide bonds. The number of nitrogens with zero attached hydrogens (tertiary/aromatic N) is 2. The number of nitrogens with one attached hydrogen (secondary N) is 2. The number of hydrogen-bond donors (Lipinski definition) is 2. The van der Waals surface area contributed by atoms with Gasteiger partial charge in [0.1, 0.15) is 0 Å². The molecule has 1 aromatic heterocycles. The van der Waals surface area contributed by atoms with Crippen molar-refractivity contribution in [1.29, 1.82) is 0 Å². The molecule has 0 unspecified atom stereocenters. The number of carbonyl (C=O) groups excluding carboxylic acids is 1. The van der Waals surface area contributed by atoms with Crippen molar-refractivity contribution in [2.24, 2.45) is 5.10 Å². The van der Waals surface area contributed by atoms with Crippen LogP contribution in [0.25, 0.3) is 10.9 Å². The van der Waals surface area contributed by atoms with Crippen molar-refractivity contribution in [3.63, 3.8) is 0 Å². The number of rotatable bonds is 5. The monoisotopic (exact) mass is 298 g/mol. The van der Waals surface area contributed by atoms with E-state index in [4.69, 9.17) is 0 Å². The Morgan fingerprint density at radius 1 is 1.27 bits per heavy atom. The first-order valence-corrected chi connectivity index (χ1v) is 7.93. The Morgan fingerprint density at radius 3 is 2.95 bits per heavy atom. The van der Waals surface area contributed by atoms with Gasteiger partial charge in [-0.1, -0.05) is 24.6 Å². The van der Waals surface area contributed by atoms with Crippen LogP contribution in [0.4, 0.5) is 0 Å². The zero-order chi connectivity index (χ0) is 15.2. The number of amides is 1. The second-order valence-corrected chi connectivity index (χ2v) is 5.74. The maximum Gasteiger partial charge on any atom is 0.241 e. The summed E-state index contributed by atoms with van der Waals surface area (Å²) < 4.78 is 0. The first kappa shape index (κ1) is 14.8. The third kappa shape index (κ3) is 3.74. The minimum Gasteiger partial charge on any atom is -0.361 e. The first-order valence-electron chi connectivity index (χ1n) is 7.93. The van der Waals surface area contributed by atoms with Crippen molar-refractivity contribution in [2.45, 2.75) is 25.7 Å². The normalized spacial score (nSPS) is 16.4. The topological polar surface area (TPSA) is 60.5 Å². The predicted octanol–water partition coefficient (Wildman–Crippen LogP) is 2.49. The minimum absolute atomic E-state index is 0.0262. The van der Waals surface area contributed by atoms with Crippen LogP contribution in [0.5, 0.6) is 0 Å². The number of para-hydroxylation sites is 1. The van der Waals surface area contributed by atoms with Gasteiger partial charge in [-0.15, -0.1) is 0 Å². The van der Waals surface area contributed by atoms with Crippen molar-refractivity contribution in [1.82, 2.24) is 15.3 Å². The highest BCUT2D eigenvalue weighted by Gasteiger charge is 2.11. The van der Waals surface area contributed by atoms with Crippen LogP contribution in [0, 0.1) is 0 Å². The van der Waals surface area contributed by atoms with Gasteiger partial charge in [0.15, 0.2) is 0 Å². The molecule has 1 aromatic carbocycles. The quantitative estimate of drug-likeness (QED) is 0.658. The highest BCUT2D eigenvalue weighted by Crippen LogP contribution is 2.15. The number of carbonyl (C=O) groups is 1. The zero-order valence-corrected chi connectivity index (χ0v) is 12.7. The highest BCUT2D eigenvalue weighted by molar-refractivity contribution is 5.99. The average molecular weight is 298 g/mol. The molecule has 0 spiro atoms. The van der Waals surface area contributed by atoms with Gasteiger partial charge in [0.25, 0.3) is 0 Å². The van der Waals surface area contributed by atoms with Crippen molar-refractivity contribution < 1.29 is 4.79 Å². The fraction of sp³-hybridized carbons (Fsp3) is 0.412. The van der Waals surface area contributed by atoms with E-state index in [0.717, 1.165) is 36.1 Å². The molecule has 1 aliphatic rings.